The monoisotopic (exact) mass is 350 g/mol. The van der Waals surface area contributed by atoms with Crippen LogP contribution in [-0.4, -0.2) is 29.4 Å². The van der Waals surface area contributed by atoms with Gasteiger partial charge in [-0.2, -0.15) is 0 Å². The number of nitrogens with one attached hydrogen (secondary N) is 1. The first-order valence-electron chi connectivity index (χ1n) is 9.10. The summed E-state index contributed by atoms with van der Waals surface area (Å²) in [7, 11) is 0. The molecule has 0 aromatic heterocycles. The Hall–Kier alpha value is -1.53. The van der Waals surface area contributed by atoms with Crippen molar-refractivity contribution in [3.8, 4) is 0 Å². The van der Waals surface area contributed by atoms with Crippen molar-refractivity contribution in [2.75, 3.05) is 13.2 Å². The van der Waals surface area contributed by atoms with Crippen molar-refractivity contribution in [3.63, 3.8) is 0 Å². The lowest BCUT2D eigenvalue weighted by Gasteiger charge is -2.57. The maximum absolute atomic E-state index is 13.2. The summed E-state index contributed by atoms with van der Waals surface area (Å²) >= 11 is 0. The lowest BCUT2D eigenvalue weighted by molar-refractivity contribution is -0.0769. The van der Waals surface area contributed by atoms with Crippen molar-refractivity contribution >= 4 is 5.91 Å². The van der Waals surface area contributed by atoms with Gasteiger partial charge in [0.25, 0.3) is 5.91 Å². The van der Waals surface area contributed by atoms with Crippen molar-refractivity contribution < 1.29 is 18.8 Å². The van der Waals surface area contributed by atoms with Crippen LogP contribution in [0.1, 0.15) is 48.9 Å². The van der Waals surface area contributed by atoms with Crippen molar-refractivity contribution in [2.24, 2.45) is 23.2 Å². The van der Waals surface area contributed by atoms with Gasteiger partial charge in [-0.05, 0) is 73.8 Å². The molecule has 4 aliphatic rings. The zero-order valence-electron chi connectivity index (χ0n) is 14.2. The predicted octanol–water partition coefficient (Wildman–Crippen LogP) is 3.56. The smallest absolute Gasteiger partial charge is 0.278 e. The predicted molar refractivity (Wildman–Crippen MR) is 87.8 cm³/mol. The number of nitrogens with zero attached hydrogens (tertiary/aromatic N) is 1. The average molecular weight is 350 g/mol. The van der Waals surface area contributed by atoms with E-state index in [9.17, 15) is 18.8 Å². The van der Waals surface area contributed by atoms with Crippen LogP contribution < -0.4 is 5.32 Å². The molecule has 5 rings (SSSR count). The van der Waals surface area contributed by atoms with E-state index in [1.807, 2.05) is 0 Å². The Morgan fingerprint density at radius 3 is 2.12 bits per heavy atom. The highest BCUT2D eigenvalue weighted by molar-refractivity contribution is 5.93. The number of hydrogen-bond acceptors (Lipinski definition) is 3. The van der Waals surface area contributed by atoms with E-state index in [-0.39, 0.29) is 12.2 Å². The molecule has 0 radical (unpaired) electrons. The molecule has 6 heteroatoms. The maximum atomic E-state index is 13.2. The number of hydroxylamine groups is 2. The second kappa shape index (κ2) is 6.32. The fraction of sp³-hybridized carbons (Fsp3) is 0.632. The molecule has 1 amide bonds. The van der Waals surface area contributed by atoms with Crippen LogP contribution >= 0.6 is 0 Å². The summed E-state index contributed by atoms with van der Waals surface area (Å²) < 4.78 is 26.4. The van der Waals surface area contributed by atoms with E-state index in [0.29, 0.717) is 16.5 Å². The molecule has 0 spiro atoms. The summed E-state index contributed by atoms with van der Waals surface area (Å²) in [4.78, 5) is 12.1. The second-order valence-corrected chi connectivity index (χ2v) is 8.37. The van der Waals surface area contributed by atoms with Gasteiger partial charge in [-0.15, -0.1) is 0 Å². The van der Waals surface area contributed by atoms with Gasteiger partial charge in [0.05, 0.1) is 6.67 Å². The minimum Gasteiger partial charge on any atom is -0.297 e. The Kier molecular flexibility index (Phi) is 4.28. The molecule has 1 aromatic carbocycles. The molecule has 4 fully saturated rings. The first kappa shape index (κ1) is 16.9. The standard InChI is InChI=1S/C19H24F2N2O2/c20-16-4-15(5-17(21)6-16)18(24)23(25)11-22-10-19-7-12-1-13(8-19)3-14(2-12)9-19/h4-6,12-14,22,25H,1-3,7-11H2. The third-order valence-corrected chi connectivity index (χ3v) is 6.27. The van der Waals surface area contributed by atoms with Gasteiger partial charge >= 0.3 is 0 Å². The van der Waals surface area contributed by atoms with E-state index < -0.39 is 17.5 Å². The molecular weight excluding hydrogens is 326 g/mol. The van der Waals surface area contributed by atoms with E-state index in [1.165, 1.54) is 38.5 Å². The molecule has 0 heterocycles. The molecule has 4 bridgehead atoms. The Morgan fingerprint density at radius 2 is 1.60 bits per heavy atom. The van der Waals surface area contributed by atoms with Crippen molar-refractivity contribution in [3.05, 3.63) is 35.4 Å². The first-order valence-corrected chi connectivity index (χ1v) is 9.10. The SMILES string of the molecule is O=C(c1cc(F)cc(F)c1)N(O)CNCC12CC3CC(CC(C3)C1)C2. The highest BCUT2D eigenvalue weighted by Crippen LogP contribution is 2.59. The van der Waals surface area contributed by atoms with Crippen LogP contribution in [0.15, 0.2) is 18.2 Å². The Morgan fingerprint density at radius 1 is 1.08 bits per heavy atom. The first-order chi connectivity index (χ1) is 11.9. The van der Waals surface area contributed by atoms with Gasteiger partial charge in [-0.3, -0.25) is 15.3 Å². The van der Waals surface area contributed by atoms with Gasteiger partial charge in [0.2, 0.25) is 0 Å². The quantitative estimate of drug-likeness (QED) is 0.485. The molecule has 4 saturated carbocycles. The number of benzene rings is 1. The van der Waals surface area contributed by atoms with E-state index in [0.717, 1.165) is 36.4 Å². The van der Waals surface area contributed by atoms with Gasteiger partial charge in [-0.25, -0.2) is 13.8 Å². The van der Waals surface area contributed by atoms with Crippen molar-refractivity contribution in [1.29, 1.82) is 0 Å². The van der Waals surface area contributed by atoms with Gasteiger partial charge in [-0.1, -0.05) is 0 Å². The molecule has 2 N–H and O–H groups in total. The highest BCUT2D eigenvalue weighted by Gasteiger charge is 2.50. The summed E-state index contributed by atoms with van der Waals surface area (Å²) in [5.74, 6) is 0.0495. The molecule has 136 valence electrons. The topological polar surface area (TPSA) is 52.6 Å². The number of amides is 1. The van der Waals surface area contributed by atoms with Crippen LogP contribution in [0.2, 0.25) is 0 Å². The molecule has 4 nitrogen and oxygen atoms in total. The van der Waals surface area contributed by atoms with Crippen molar-refractivity contribution in [1.82, 2.24) is 10.4 Å². The normalized spacial score (nSPS) is 32.8. The molecule has 25 heavy (non-hydrogen) atoms. The zero-order chi connectivity index (χ0) is 17.6. The summed E-state index contributed by atoms with van der Waals surface area (Å²) in [6.07, 6.45) is 7.82. The van der Waals surface area contributed by atoms with Crippen LogP contribution in [-0.2, 0) is 0 Å². The summed E-state index contributed by atoms with van der Waals surface area (Å²) in [6, 6.07) is 2.55. The van der Waals surface area contributed by atoms with E-state index in [4.69, 9.17) is 0 Å². The average Bonchev–Trinajstić information content (AvgIpc) is 2.51. The fourth-order valence-corrected chi connectivity index (χ4v) is 5.83. The third kappa shape index (κ3) is 3.42. The number of carbonyl (C=O) groups excluding carboxylic acids is 1. The van der Waals surface area contributed by atoms with Crippen LogP contribution in [0.25, 0.3) is 0 Å². The van der Waals surface area contributed by atoms with E-state index >= 15 is 0 Å². The summed E-state index contributed by atoms with van der Waals surface area (Å²) in [5.41, 5.74) is 0.0977. The zero-order valence-corrected chi connectivity index (χ0v) is 14.2. The minimum absolute atomic E-state index is 0.0429. The Labute approximate surface area is 146 Å². The minimum atomic E-state index is -0.835. The van der Waals surface area contributed by atoms with Crippen LogP contribution in [0.5, 0.6) is 0 Å². The third-order valence-electron chi connectivity index (χ3n) is 6.27. The summed E-state index contributed by atoms with van der Waals surface area (Å²) in [6.45, 7) is 0.733. The molecule has 1 aromatic rings. The lowest BCUT2D eigenvalue weighted by Crippen LogP contribution is -2.51. The van der Waals surface area contributed by atoms with Crippen LogP contribution in [0.4, 0.5) is 8.78 Å². The molecule has 0 unspecified atom stereocenters. The lowest BCUT2D eigenvalue weighted by atomic mass is 9.49. The van der Waals surface area contributed by atoms with Crippen LogP contribution in [0.3, 0.4) is 0 Å². The van der Waals surface area contributed by atoms with Gasteiger partial charge < -0.3 is 0 Å². The molecule has 0 saturated heterocycles. The molecular formula is C19H24F2N2O2. The van der Waals surface area contributed by atoms with Crippen LogP contribution in [0, 0.1) is 34.8 Å². The Bertz CT molecular complexity index is 624. The molecule has 4 aliphatic carbocycles. The fourth-order valence-electron chi connectivity index (χ4n) is 5.83. The van der Waals surface area contributed by atoms with Gasteiger partial charge in [0.1, 0.15) is 11.6 Å². The molecule has 0 atom stereocenters. The van der Waals surface area contributed by atoms with E-state index in [1.54, 1.807) is 0 Å². The Balaban J connectivity index is 1.33. The van der Waals surface area contributed by atoms with E-state index in [2.05, 4.69) is 5.32 Å². The molecule has 0 aliphatic heterocycles. The van der Waals surface area contributed by atoms with Gasteiger partial charge in [0, 0.05) is 18.2 Å². The van der Waals surface area contributed by atoms with Gasteiger partial charge in [0.15, 0.2) is 0 Å². The highest BCUT2D eigenvalue weighted by atomic mass is 19.1. The number of carbonyl (C=O) groups is 1. The maximum Gasteiger partial charge on any atom is 0.278 e. The number of rotatable bonds is 5. The number of hydrogen-bond donors (Lipinski definition) is 2. The van der Waals surface area contributed by atoms with Crippen molar-refractivity contribution in [2.45, 2.75) is 38.5 Å². The second-order valence-electron chi connectivity index (χ2n) is 8.37. The number of halogens is 2. The largest absolute Gasteiger partial charge is 0.297 e. The summed E-state index contributed by atoms with van der Waals surface area (Å²) in [5, 5.41) is 13.6.